The SMILES string of the molecule is CS/C(=C\c1ccc(C#N)cc1)c1nc2scc(-c3cccs3)c2c(=O)[nH]1. The van der Waals surface area contributed by atoms with E-state index in [4.69, 9.17) is 10.2 Å². The van der Waals surface area contributed by atoms with Crippen LogP contribution in [-0.2, 0) is 0 Å². The van der Waals surface area contributed by atoms with Crippen LogP contribution in [0, 0.1) is 11.3 Å². The zero-order valence-corrected chi connectivity index (χ0v) is 16.7. The second kappa shape index (κ2) is 7.53. The van der Waals surface area contributed by atoms with Gasteiger partial charge in [0.05, 0.1) is 21.9 Å². The summed E-state index contributed by atoms with van der Waals surface area (Å²) < 4.78 is 0. The topological polar surface area (TPSA) is 69.5 Å². The van der Waals surface area contributed by atoms with Crippen molar-refractivity contribution in [3.63, 3.8) is 0 Å². The minimum atomic E-state index is -0.126. The zero-order valence-electron chi connectivity index (χ0n) is 14.2. The molecule has 4 aromatic rings. The van der Waals surface area contributed by atoms with Crippen LogP contribution in [0.5, 0.6) is 0 Å². The molecule has 1 N–H and O–H groups in total. The molecule has 0 atom stereocenters. The van der Waals surface area contributed by atoms with Crippen LogP contribution in [0.1, 0.15) is 17.0 Å². The summed E-state index contributed by atoms with van der Waals surface area (Å²) in [5.74, 6) is 0.559. The van der Waals surface area contributed by atoms with Gasteiger partial charge in [0.15, 0.2) is 0 Å². The number of aromatic nitrogens is 2. The molecule has 27 heavy (non-hydrogen) atoms. The average Bonchev–Trinajstić information content (AvgIpc) is 3.36. The number of H-pyrrole nitrogens is 1. The molecule has 0 bridgehead atoms. The molecule has 0 aliphatic heterocycles. The van der Waals surface area contributed by atoms with Crippen molar-refractivity contribution in [2.75, 3.05) is 6.26 Å². The van der Waals surface area contributed by atoms with Gasteiger partial charge in [-0.3, -0.25) is 4.79 Å². The molecular formula is C20H13N3OS3. The van der Waals surface area contributed by atoms with Crippen LogP contribution in [0.4, 0.5) is 0 Å². The van der Waals surface area contributed by atoms with E-state index in [-0.39, 0.29) is 5.56 Å². The first-order valence-electron chi connectivity index (χ1n) is 8.01. The zero-order chi connectivity index (χ0) is 18.8. The number of rotatable bonds is 4. The van der Waals surface area contributed by atoms with Crippen LogP contribution in [0.3, 0.4) is 0 Å². The number of hydrogen-bond donors (Lipinski definition) is 1. The maximum atomic E-state index is 12.8. The van der Waals surface area contributed by atoms with Gasteiger partial charge in [-0.15, -0.1) is 34.4 Å². The molecule has 4 nitrogen and oxygen atoms in total. The first kappa shape index (κ1) is 17.7. The first-order valence-corrected chi connectivity index (χ1v) is 11.0. The molecule has 3 heterocycles. The number of aromatic amines is 1. The van der Waals surface area contributed by atoms with Crippen molar-refractivity contribution >= 4 is 55.6 Å². The molecule has 0 saturated carbocycles. The van der Waals surface area contributed by atoms with Gasteiger partial charge >= 0.3 is 0 Å². The first-order chi connectivity index (χ1) is 13.2. The van der Waals surface area contributed by atoms with Crippen molar-refractivity contribution < 1.29 is 0 Å². The molecule has 0 unspecified atom stereocenters. The van der Waals surface area contributed by atoms with Gasteiger partial charge in [-0.2, -0.15) is 5.26 Å². The molecule has 0 saturated heterocycles. The summed E-state index contributed by atoms with van der Waals surface area (Å²) >= 11 is 4.61. The molecule has 7 heteroatoms. The van der Waals surface area contributed by atoms with Crippen molar-refractivity contribution in [3.05, 3.63) is 74.5 Å². The standard InChI is InChI=1S/C20H13N3OS3/c1-25-16(9-12-4-6-13(10-21)7-5-12)18-22-19(24)17-14(11-27-20(17)23-18)15-3-2-8-26-15/h2-9,11H,1H3,(H,22,23,24)/b16-9-. The molecule has 132 valence electrons. The molecule has 1 aromatic carbocycles. The van der Waals surface area contributed by atoms with E-state index in [9.17, 15) is 4.79 Å². The van der Waals surface area contributed by atoms with Gasteiger partial charge in [0.2, 0.25) is 0 Å². The van der Waals surface area contributed by atoms with Gasteiger partial charge in [0, 0.05) is 15.8 Å². The van der Waals surface area contributed by atoms with Gasteiger partial charge in [0.1, 0.15) is 10.7 Å². The van der Waals surface area contributed by atoms with E-state index < -0.39 is 0 Å². The Labute approximate surface area is 167 Å². The fourth-order valence-corrected chi connectivity index (χ4v) is 5.01. The van der Waals surface area contributed by atoms with Gasteiger partial charge in [-0.25, -0.2) is 4.98 Å². The van der Waals surface area contributed by atoms with E-state index >= 15 is 0 Å². The number of thiophene rings is 2. The minimum Gasteiger partial charge on any atom is -0.305 e. The van der Waals surface area contributed by atoms with Crippen LogP contribution in [0.25, 0.3) is 31.6 Å². The Kier molecular flexibility index (Phi) is 4.94. The Bertz CT molecular complexity index is 1230. The van der Waals surface area contributed by atoms with E-state index in [1.807, 2.05) is 47.4 Å². The van der Waals surface area contributed by atoms with Crippen molar-refractivity contribution in [1.82, 2.24) is 9.97 Å². The summed E-state index contributed by atoms with van der Waals surface area (Å²) in [6.45, 7) is 0. The van der Waals surface area contributed by atoms with Crippen molar-refractivity contribution in [2.45, 2.75) is 0 Å². The lowest BCUT2D eigenvalue weighted by atomic mass is 10.1. The lowest BCUT2D eigenvalue weighted by Crippen LogP contribution is -2.10. The monoisotopic (exact) mass is 407 g/mol. The predicted octanol–water partition coefficient (Wildman–Crippen LogP) is 5.45. The van der Waals surface area contributed by atoms with E-state index in [1.165, 1.54) is 23.1 Å². The maximum Gasteiger partial charge on any atom is 0.260 e. The fourth-order valence-electron chi connectivity index (χ4n) is 2.71. The minimum absolute atomic E-state index is 0.126. The highest BCUT2D eigenvalue weighted by molar-refractivity contribution is 8.07. The summed E-state index contributed by atoms with van der Waals surface area (Å²) in [6.07, 6.45) is 3.91. The molecule has 0 amide bonds. The van der Waals surface area contributed by atoms with Crippen LogP contribution < -0.4 is 5.56 Å². The normalized spacial score (nSPS) is 11.6. The fraction of sp³-hybridized carbons (Fsp3) is 0.0500. The summed E-state index contributed by atoms with van der Waals surface area (Å²) in [5.41, 5.74) is 2.38. The molecule has 0 aliphatic carbocycles. The summed E-state index contributed by atoms with van der Waals surface area (Å²) in [5, 5.41) is 13.6. The number of fused-ring (bicyclic) bond motifs is 1. The number of hydrogen-bond acceptors (Lipinski definition) is 6. The van der Waals surface area contributed by atoms with Gasteiger partial charge in [-0.05, 0) is 41.5 Å². The molecule has 4 rings (SSSR count). The van der Waals surface area contributed by atoms with Gasteiger partial charge < -0.3 is 4.98 Å². The lowest BCUT2D eigenvalue weighted by Gasteiger charge is -2.05. The third-order valence-corrected chi connectivity index (χ3v) is 6.55. The molecule has 0 fully saturated rings. The molecule has 0 spiro atoms. The third kappa shape index (κ3) is 3.47. The quantitative estimate of drug-likeness (QED) is 0.489. The van der Waals surface area contributed by atoms with E-state index in [0.29, 0.717) is 16.8 Å². The summed E-state index contributed by atoms with van der Waals surface area (Å²) in [6, 6.07) is 13.4. The summed E-state index contributed by atoms with van der Waals surface area (Å²) in [4.78, 5) is 23.1. The summed E-state index contributed by atoms with van der Waals surface area (Å²) in [7, 11) is 0. The highest BCUT2D eigenvalue weighted by atomic mass is 32.2. The second-order valence-corrected chi connectivity index (χ2v) is 8.32. The van der Waals surface area contributed by atoms with Gasteiger partial charge in [-0.1, -0.05) is 18.2 Å². The lowest BCUT2D eigenvalue weighted by molar-refractivity contribution is 1.15. The highest BCUT2D eigenvalue weighted by Crippen LogP contribution is 2.34. The van der Waals surface area contributed by atoms with Crippen LogP contribution in [0.15, 0.2) is 52.0 Å². The number of benzene rings is 1. The Morgan fingerprint density at radius 1 is 1.26 bits per heavy atom. The second-order valence-electron chi connectivity index (χ2n) is 5.67. The number of nitriles is 1. The Hall–Kier alpha value is -2.66. The smallest absolute Gasteiger partial charge is 0.260 e. The molecule has 3 aromatic heterocycles. The van der Waals surface area contributed by atoms with E-state index in [0.717, 1.165) is 25.7 Å². The van der Waals surface area contributed by atoms with Crippen LogP contribution in [0.2, 0.25) is 0 Å². The number of nitrogens with one attached hydrogen (secondary N) is 1. The predicted molar refractivity (Wildman–Crippen MR) is 116 cm³/mol. The number of nitrogens with zero attached hydrogens (tertiary/aromatic N) is 2. The van der Waals surface area contributed by atoms with E-state index in [1.54, 1.807) is 23.5 Å². The Balaban J connectivity index is 1.79. The molecule has 0 aliphatic rings. The largest absolute Gasteiger partial charge is 0.305 e. The molecule has 0 radical (unpaired) electrons. The molecular weight excluding hydrogens is 394 g/mol. The van der Waals surface area contributed by atoms with E-state index in [2.05, 4.69) is 11.1 Å². The average molecular weight is 408 g/mol. The van der Waals surface area contributed by atoms with Crippen molar-refractivity contribution in [2.24, 2.45) is 0 Å². The maximum absolute atomic E-state index is 12.8. The van der Waals surface area contributed by atoms with Crippen LogP contribution in [-0.4, -0.2) is 16.2 Å². The Morgan fingerprint density at radius 3 is 2.74 bits per heavy atom. The number of thioether (sulfide) groups is 1. The van der Waals surface area contributed by atoms with Gasteiger partial charge in [0.25, 0.3) is 5.56 Å². The highest BCUT2D eigenvalue weighted by Gasteiger charge is 2.15. The Morgan fingerprint density at radius 2 is 2.07 bits per heavy atom. The van der Waals surface area contributed by atoms with Crippen molar-refractivity contribution in [3.8, 4) is 16.5 Å². The third-order valence-electron chi connectivity index (χ3n) is 4.02. The van der Waals surface area contributed by atoms with Crippen molar-refractivity contribution in [1.29, 1.82) is 5.26 Å². The van der Waals surface area contributed by atoms with Crippen LogP contribution >= 0.6 is 34.4 Å².